The van der Waals surface area contributed by atoms with Gasteiger partial charge in [0.25, 0.3) is 0 Å². The summed E-state index contributed by atoms with van der Waals surface area (Å²) in [7, 11) is -1.44. The minimum Gasteiger partial charge on any atom is -0.214 e. The normalized spacial score (nSPS) is 11.6. The summed E-state index contributed by atoms with van der Waals surface area (Å²) in [6.07, 6.45) is 0. The number of hydrogen-bond donors (Lipinski definition) is 0. The third kappa shape index (κ3) is 9.84. The molecule has 0 saturated carbocycles. The second-order valence-electron chi connectivity index (χ2n) is 14.6. The summed E-state index contributed by atoms with van der Waals surface area (Å²) in [4.78, 5) is 0. The fourth-order valence-electron chi connectivity index (χ4n) is 7.76. The molecule has 0 bridgehead atoms. The molecule has 0 unspecified atom stereocenters. The molecule has 0 N–H and O–H groups in total. The quantitative estimate of drug-likeness (QED) is 0.0820. The first-order valence-electron chi connectivity index (χ1n) is 18.4. The fraction of sp³-hybridized carbons (Fsp3) is 0.200. The van der Waals surface area contributed by atoms with Crippen LogP contribution in [0.1, 0.15) is 62.7 Å². The molecule has 0 spiro atoms. The third-order valence-corrected chi connectivity index (χ3v) is 14.7. The summed E-state index contributed by atoms with van der Waals surface area (Å²) < 4.78 is 0. The Morgan fingerprint density at radius 3 is 1.26 bits per heavy atom. The minimum absolute atomic E-state index is 0. The monoisotopic (exact) mass is 770 g/mol. The van der Waals surface area contributed by atoms with E-state index in [1.54, 1.807) is 0 Å². The van der Waals surface area contributed by atoms with E-state index in [1.165, 1.54) is 87.7 Å². The van der Waals surface area contributed by atoms with E-state index in [1.807, 2.05) is 30.3 Å². The molecule has 7 aromatic rings. The van der Waals surface area contributed by atoms with Crippen LogP contribution in [-0.2, 0) is 17.1 Å². The third-order valence-electron chi connectivity index (χ3n) is 9.58. The van der Waals surface area contributed by atoms with Crippen LogP contribution in [0.5, 0.6) is 0 Å². The van der Waals surface area contributed by atoms with Gasteiger partial charge in [0, 0.05) is 0 Å². The molecule has 0 aliphatic heterocycles. The number of rotatable bonds is 8. The van der Waals surface area contributed by atoms with Gasteiger partial charge in [-0.15, -0.1) is 17.2 Å². The Morgan fingerprint density at radius 1 is 0.472 bits per heavy atom. The van der Waals surface area contributed by atoms with Crippen molar-refractivity contribution in [1.82, 2.24) is 0 Å². The van der Waals surface area contributed by atoms with E-state index in [9.17, 15) is 0 Å². The Bertz CT molecular complexity index is 2070. The van der Waals surface area contributed by atoms with Crippen molar-refractivity contribution >= 4 is 42.4 Å². The van der Waals surface area contributed by atoms with Gasteiger partial charge in [-0.05, 0) is 103 Å². The molecule has 7 aromatic carbocycles. The van der Waals surface area contributed by atoms with Crippen LogP contribution in [0.25, 0.3) is 11.1 Å². The van der Waals surface area contributed by atoms with Gasteiger partial charge in [-0.25, -0.2) is 12.1 Å². The van der Waals surface area contributed by atoms with E-state index in [0.29, 0.717) is 5.66 Å². The van der Waals surface area contributed by atoms with Gasteiger partial charge in [0.2, 0.25) is 0 Å². The molecule has 0 amide bonds. The molecule has 0 nitrogen and oxygen atoms in total. The molecule has 0 heterocycles. The molecular weight excluding hydrogens is 718 g/mol. The summed E-state index contributed by atoms with van der Waals surface area (Å²) >= 11 is 0. The summed E-state index contributed by atoms with van der Waals surface area (Å²) in [5.41, 5.74) is 15.2. The van der Waals surface area contributed by atoms with Gasteiger partial charge in [-0.3, -0.25) is 0 Å². The van der Waals surface area contributed by atoms with Gasteiger partial charge in [0.05, 0.1) is 0 Å². The van der Waals surface area contributed by atoms with Crippen molar-refractivity contribution < 1.29 is 17.1 Å². The Hall–Kier alpha value is -3.82. The van der Waals surface area contributed by atoms with Crippen molar-refractivity contribution in [2.24, 2.45) is 0 Å². The van der Waals surface area contributed by atoms with Gasteiger partial charge >= 0.3 is 17.1 Å². The Kier molecular flexibility index (Phi) is 13.7. The van der Waals surface area contributed by atoms with Crippen LogP contribution in [0.2, 0.25) is 0 Å². The van der Waals surface area contributed by atoms with Crippen molar-refractivity contribution in [3.63, 3.8) is 0 Å². The van der Waals surface area contributed by atoms with Gasteiger partial charge in [0.1, 0.15) is 0 Å². The van der Waals surface area contributed by atoms with Gasteiger partial charge in [0.15, 0.2) is 0 Å². The topological polar surface area (TPSA) is 0 Å². The van der Waals surface area contributed by atoms with Crippen molar-refractivity contribution in [3.8, 4) is 11.1 Å². The Labute approximate surface area is 332 Å². The van der Waals surface area contributed by atoms with Crippen LogP contribution in [-0.4, -0.2) is 0 Å². The van der Waals surface area contributed by atoms with E-state index in [-0.39, 0.29) is 17.1 Å². The number of hydrogen-bond acceptors (Lipinski definition) is 0. The zero-order valence-corrected chi connectivity index (χ0v) is 35.6. The molecule has 0 saturated heterocycles. The smallest absolute Gasteiger partial charge is 0.214 e. The first kappa shape index (κ1) is 40.4. The van der Waals surface area contributed by atoms with E-state index >= 15 is 0 Å². The average Bonchev–Trinajstić information content (AvgIpc) is 3.80. The molecule has 0 aromatic heterocycles. The number of aryl methyl sites for hydroxylation is 8. The molecule has 0 fully saturated rings. The minimum atomic E-state index is -0.783. The van der Waals surface area contributed by atoms with Crippen LogP contribution in [0.4, 0.5) is 0 Å². The Balaban J connectivity index is 0.000000833. The van der Waals surface area contributed by atoms with Crippen LogP contribution >= 0.6 is 15.8 Å². The van der Waals surface area contributed by atoms with Crippen molar-refractivity contribution in [1.29, 1.82) is 0 Å². The van der Waals surface area contributed by atoms with Crippen molar-refractivity contribution in [2.75, 3.05) is 0 Å². The van der Waals surface area contributed by atoms with Gasteiger partial charge < -0.3 is 0 Å². The fourth-order valence-corrected chi connectivity index (χ4v) is 13.7. The largest absolute Gasteiger partial charge is 2.00 e. The molecule has 1 atom stereocenters. The maximum Gasteiger partial charge on any atom is 2.00 e. The maximum absolute atomic E-state index is 2.47. The van der Waals surface area contributed by atoms with Gasteiger partial charge in [-0.1, -0.05) is 154 Å². The zero-order chi connectivity index (χ0) is 36.9. The van der Waals surface area contributed by atoms with Crippen molar-refractivity contribution in [2.45, 2.75) is 68.0 Å². The molecule has 270 valence electrons. The SMILES string of the molecule is Cc1cc(C)cc(P(c2cc(C)cc(C)c2)c2ccccc2-c2ccc[c-]2[C@@H](C)P(c2cc(C)cc(C)c2)c2cc(C)cc(C)c2)c1.[Fe+2].c1cc[cH-]c1. The molecule has 0 radical (unpaired) electrons. The zero-order valence-electron chi connectivity index (χ0n) is 32.7. The van der Waals surface area contributed by atoms with E-state index in [0.717, 1.165) is 0 Å². The van der Waals surface area contributed by atoms with Gasteiger partial charge in [-0.2, -0.15) is 30.3 Å². The summed E-state index contributed by atoms with van der Waals surface area (Å²) in [5.74, 6) is 0. The Morgan fingerprint density at radius 2 is 0.868 bits per heavy atom. The van der Waals surface area contributed by atoms with Crippen LogP contribution in [0, 0.1) is 55.4 Å². The second kappa shape index (κ2) is 18.0. The molecule has 0 aliphatic rings. The molecule has 3 heteroatoms. The summed E-state index contributed by atoms with van der Waals surface area (Å²) in [5, 5.41) is 7.19. The predicted octanol–water partition coefficient (Wildman–Crippen LogP) is 11.9. The first-order chi connectivity index (χ1) is 25.0. The van der Waals surface area contributed by atoms with E-state index in [2.05, 4.69) is 178 Å². The summed E-state index contributed by atoms with van der Waals surface area (Å²) in [6, 6.07) is 54.9. The average molecular weight is 771 g/mol. The van der Waals surface area contributed by atoms with Crippen LogP contribution < -0.4 is 26.5 Å². The second-order valence-corrected chi connectivity index (χ2v) is 19.4. The van der Waals surface area contributed by atoms with Crippen molar-refractivity contribution in [3.05, 3.63) is 196 Å². The number of benzene rings is 5. The van der Waals surface area contributed by atoms with Crippen LogP contribution in [0.3, 0.4) is 0 Å². The first-order valence-corrected chi connectivity index (χ1v) is 21.2. The molecular formula is C50H52FeP2. The molecule has 0 aliphatic carbocycles. The van der Waals surface area contributed by atoms with Crippen LogP contribution in [0.15, 0.2) is 146 Å². The predicted molar refractivity (Wildman–Crippen MR) is 234 cm³/mol. The maximum atomic E-state index is 2.47. The molecule has 53 heavy (non-hydrogen) atoms. The van der Waals surface area contributed by atoms with E-state index < -0.39 is 15.8 Å². The summed E-state index contributed by atoms with van der Waals surface area (Å²) in [6.45, 7) is 20.4. The molecule has 7 rings (SSSR count). The standard InChI is InChI=1S/C45H47P2.C5H5.Fe/c1-29-17-30(2)22-38(21-29)46(39-23-31(3)18-32(4)24-39)37(9)42-14-12-15-43(42)44-13-10-11-16-45(44)47(40-25-33(5)19-34(6)26-40)41-27-35(7)20-36(8)28-41;1-2-4-5-3-1;/h10-28,37H,1-9H3;1-5H;/q2*-1;+2/t37-;;/m1../s1. The van der Waals surface area contributed by atoms with E-state index in [4.69, 9.17) is 0 Å².